The molecule has 0 N–H and O–H groups in total. The summed E-state index contributed by atoms with van der Waals surface area (Å²) in [7, 11) is 0. The molecular weight excluding hydrogens is 428 g/mol. The van der Waals surface area contributed by atoms with E-state index in [4.69, 9.17) is 28.4 Å². The first-order valence-corrected chi connectivity index (χ1v) is 10.6. The van der Waals surface area contributed by atoms with E-state index in [0.29, 0.717) is 39.6 Å². The van der Waals surface area contributed by atoms with Gasteiger partial charge in [-0.25, -0.2) is 9.59 Å². The molecule has 0 aliphatic rings. The summed E-state index contributed by atoms with van der Waals surface area (Å²) in [6.45, 7) is 11.1. The zero-order chi connectivity index (χ0) is 23.9. The smallest absolute Gasteiger partial charge is 0.330 e. The molecule has 0 saturated heterocycles. The molecule has 0 aliphatic carbocycles. The highest BCUT2D eigenvalue weighted by atomic mass is 16.6. The lowest BCUT2D eigenvalue weighted by Gasteiger charge is -2.14. The van der Waals surface area contributed by atoms with Gasteiger partial charge in [-0.2, -0.15) is 0 Å². The monoisotopic (exact) mass is 458 g/mol. The van der Waals surface area contributed by atoms with Crippen molar-refractivity contribution in [2.45, 2.75) is 6.92 Å². The summed E-state index contributed by atoms with van der Waals surface area (Å²) in [6, 6.07) is 9.78. The second-order valence-corrected chi connectivity index (χ2v) is 6.76. The van der Waals surface area contributed by atoms with Crippen LogP contribution in [0.3, 0.4) is 0 Å². The Kier molecular flexibility index (Phi) is 11.5. The Bertz CT molecular complexity index is 937. The first-order valence-electron chi connectivity index (χ1n) is 10.6. The summed E-state index contributed by atoms with van der Waals surface area (Å²) in [5.74, 6) is 0.571. The molecule has 8 nitrogen and oxygen atoms in total. The number of esters is 2. The Morgan fingerprint density at radius 2 is 1.33 bits per heavy atom. The number of hydrogen-bond donors (Lipinski definition) is 0. The molecule has 0 amide bonds. The van der Waals surface area contributed by atoms with Gasteiger partial charge >= 0.3 is 11.9 Å². The SMILES string of the molecule is C=CC(=O)OCCOCCOc1ccc2c(OCCOCCOC(=O)C=C)c(C)ccc2c1. The van der Waals surface area contributed by atoms with Crippen molar-refractivity contribution in [3.63, 3.8) is 0 Å². The fourth-order valence-corrected chi connectivity index (χ4v) is 2.82. The summed E-state index contributed by atoms with van der Waals surface area (Å²) in [4.78, 5) is 21.9. The maximum atomic E-state index is 11.0. The van der Waals surface area contributed by atoms with Crippen molar-refractivity contribution in [2.75, 3.05) is 52.9 Å². The summed E-state index contributed by atoms with van der Waals surface area (Å²) in [6.07, 6.45) is 2.23. The fraction of sp³-hybridized carbons (Fsp3) is 0.360. The van der Waals surface area contributed by atoms with Crippen LogP contribution in [0.4, 0.5) is 0 Å². The molecule has 0 unspecified atom stereocenters. The summed E-state index contributed by atoms with van der Waals surface area (Å²) in [5, 5.41) is 1.96. The van der Waals surface area contributed by atoms with Crippen LogP contribution in [-0.2, 0) is 28.5 Å². The van der Waals surface area contributed by atoms with Gasteiger partial charge < -0.3 is 28.4 Å². The molecule has 0 heterocycles. The van der Waals surface area contributed by atoms with Crippen molar-refractivity contribution < 1.29 is 38.0 Å². The number of ether oxygens (including phenoxy) is 6. The van der Waals surface area contributed by atoms with E-state index in [1.165, 1.54) is 0 Å². The van der Waals surface area contributed by atoms with Gasteiger partial charge in [0, 0.05) is 17.5 Å². The van der Waals surface area contributed by atoms with Crippen molar-refractivity contribution in [3.05, 3.63) is 61.2 Å². The average molecular weight is 459 g/mol. The van der Waals surface area contributed by atoms with Gasteiger partial charge in [0.05, 0.1) is 26.4 Å². The van der Waals surface area contributed by atoms with Crippen molar-refractivity contribution >= 4 is 22.7 Å². The number of fused-ring (bicyclic) bond motifs is 1. The van der Waals surface area contributed by atoms with E-state index in [2.05, 4.69) is 13.2 Å². The molecule has 2 rings (SSSR count). The second kappa shape index (κ2) is 14.7. The van der Waals surface area contributed by atoms with E-state index in [0.717, 1.165) is 40.0 Å². The van der Waals surface area contributed by atoms with Crippen LogP contribution < -0.4 is 9.47 Å². The standard InChI is InChI=1S/C25H30O8/c1-4-23(26)31-15-11-28-10-14-30-21-8-9-22-20(18-21)7-6-19(3)25(22)33-17-13-29-12-16-32-24(27)5-2/h4-9,18H,1-2,10-17H2,3H3. The van der Waals surface area contributed by atoms with E-state index in [1.54, 1.807) is 0 Å². The predicted octanol–water partition coefficient (Wildman–Crippen LogP) is 3.40. The number of rotatable bonds is 16. The summed E-state index contributed by atoms with van der Waals surface area (Å²) >= 11 is 0. The molecule has 2 aromatic carbocycles. The van der Waals surface area contributed by atoms with E-state index in [-0.39, 0.29) is 13.2 Å². The number of carbonyl (C=O) groups is 2. The molecule has 0 bridgehead atoms. The average Bonchev–Trinajstić information content (AvgIpc) is 2.83. The van der Waals surface area contributed by atoms with E-state index < -0.39 is 11.9 Å². The Hall–Kier alpha value is -3.36. The summed E-state index contributed by atoms with van der Waals surface area (Å²) in [5.41, 5.74) is 1.02. The number of hydrogen-bond acceptors (Lipinski definition) is 8. The van der Waals surface area contributed by atoms with Gasteiger partial charge in [-0.1, -0.05) is 25.3 Å². The molecule has 0 aliphatic heterocycles. The van der Waals surface area contributed by atoms with Gasteiger partial charge in [0.1, 0.15) is 37.9 Å². The number of carbonyl (C=O) groups excluding carboxylic acids is 2. The molecular formula is C25H30O8. The Morgan fingerprint density at radius 1 is 0.758 bits per heavy atom. The Morgan fingerprint density at radius 3 is 1.94 bits per heavy atom. The Labute approximate surface area is 193 Å². The quantitative estimate of drug-likeness (QED) is 0.215. The predicted molar refractivity (Wildman–Crippen MR) is 124 cm³/mol. The van der Waals surface area contributed by atoms with Gasteiger partial charge in [-0.3, -0.25) is 0 Å². The number of benzene rings is 2. The van der Waals surface area contributed by atoms with Crippen LogP contribution in [0, 0.1) is 6.92 Å². The highest BCUT2D eigenvalue weighted by molar-refractivity contribution is 5.90. The molecule has 0 aromatic heterocycles. The van der Waals surface area contributed by atoms with Crippen LogP contribution in [0.1, 0.15) is 5.56 Å². The van der Waals surface area contributed by atoms with Gasteiger partial charge in [-0.05, 0) is 36.1 Å². The molecule has 178 valence electrons. The minimum absolute atomic E-state index is 0.175. The van der Waals surface area contributed by atoms with Gasteiger partial charge in [0.2, 0.25) is 0 Å². The van der Waals surface area contributed by atoms with Gasteiger partial charge in [0.15, 0.2) is 0 Å². The van der Waals surface area contributed by atoms with Crippen LogP contribution in [0.25, 0.3) is 10.8 Å². The molecule has 0 atom stereocenters. The fourth-order valence-electron chi connectivity index (χ4n) is 2.82. The third kappa shape index (κ3) is 9.34. The molecule has 8 heteroatoms. The van der Waals surface area contributed by atoms with Crippen molar-refractivity contribution in [2.24, 2.45) is 0 Å². The minimum atomic E-state index is -0.469. The zero-order valence-corrected chi connectivity index (χ0v) is 18.9. The highest BCUT2D eigenvalue weighted by Crippen LogP contribution is 2.32. The topological polar surface area (TPSA) is 89.5 Å². The third-order valence-corrected chi connectivity index (χ3v) is 4.39. The number of aryl methyl sites for hydroxylation is 1. The summed E-state index contributed by atoms with van der Waals surface area (Å²) < 4.78 is 32.2. The second-order valence-electron chi connectivity index (χ2n) is 6.76. The van der Waals surface area contributed by atoms with Crippen LogP contribution >= 0.6 is 0 Å². The van der Waals surface area contributed by atoms with Gasteiger partial charge in [0.25, 0.3) is 0 Å². The normalized spacial score (nSPS) is 10.5. The zero-order valence-electron chi connectivity index (χ0n) is 18.9. The lowest BCUT2D eigenvalue weighted by atomic mass is 10.1. The van der Waals surface area contributed by atoms with E-state index in [1.807, 2.05) is 37.3 Å². The first-order chi connectivity index (χ1) is 16.0. The lowest BCUT2D eigenvalue weighted by Crippen LogP contribution is -2.13. The van der Waals surface area contributed by atoms with Crippen molar-refractivity contribution in [1.82, 2.24) is 0 Å². The molecule has 0 spiro atoms. The van der Waals surface area contributed by atoms with Crippen LogP contribution in [0.5, 0.6) is 11.5 Å². The Balaban J connectivity index is 1.76. The third-order valence-electron chi connectivity index (χ3n) is 4.39. The molecule has 0 saturated carbocycles. The first kappa shape index (κ1) is 25.9. The maximum absolute atomic E-state index is 11.0. The van der Waals surface area contributed by atoms with Crippen molar-refractivity contribution in [1.29, 1.82) is 0 Å². The lowest BCUT2D eigenvalue weighted by molar-refractivity contribution is -0.140. The van der Waals surface area contributed by atoms with Crippen LogP contribution in [0.2, 0.25) is 0 Å². The van der Waals surface area contributed by atoms with Gasteiger partial charge in [-0.15, -0.1) is 0 Å². The van der Waals surface area contributed by atoms with E-state index in [9.17, 15) is 9.59 Å². The van der Waals surface area contributed by atoms with E-state index >= 15 is 0 Å². The highest BCUT2D eigenvalue weighted by Gasteiger charge is 2.08. The molecule has 0 fully saturated rings. The van der Waals surface area contributed by atoms with Crippen LogP contribution in [0.15, 0.2) is 55.6 Å². The minimum Gasteiger partial charge on any atom is -0.491 e. The maximum Gasteiger partial charge on any atom is 0.330 e. The molecule has 2 aromatic rings. The van der Waals surface area contributed by atoms with Crippen LogP contribution in [-0.4, -0.2) is 64.8 Å². The molecule has 33 heavy (non-hydrogen) atoms. The van der Waals surface area contributed by atoms with Crippen molar-refractivity contribution in [3.8, 4) is 11.5 Å². The molecule has 0 radical (unpaired) electrons. The largest absolute Gasteiger partial charge is 0.491 e.